The zero-order chi connectivity index (χ0) is 14.0. The van der Waals surface area contributed by atoms with Crippen molar-refractivity contribution in [3.63, 3.8) is 0 Å². The van der Waals surface area contributed by atoms with Crippen LogP contribution in [0.1, 0.15) is 24.2 Å². The van der Waals surface area contributed by atoms with Gasteiger partial charge in [-0.2, -0.15) is 0 Å². The molecule has 1 atom stereocenters. The summed E-state index contributed by atoms with van der Waals surface area (Å²) in [7, 11) is 1.87. The van der Waals surface area contributed by atoms with Crippen LogP contribution in [0, 0.1) is 0 Å². The Balaban J connectivity index is 2.51. The first-order valence-corrected chi connectivity index (χ1v) is 7.73. The van der Waals surface area contributed by atoms with Crippen molar-refractivity contribution in [1.29, 1.82) is 0 Å². The fraction of sp³-hybridized carbons (Fsp3) is 0.333. The van der Waals surface area contributed by atoms with Crippen molar-refractivity contribution in [3.05, 3.63) is 43.6 Å². The van der Waals surface area contributed by atoms with Crippen LogP contribution in [-0.4, -0.2) is 21.5 Å². The molecule has 102 valence electrons. The van der Waals surface area contributed by atoms with E-state index in [1.54, 1.807) is 4.68 Å². The Morgan fingerprint density at radius 2 is 2.11 bits per heavy atom. The third-order valence-corrected chi connectivity index (χ3v) is 3.97. The third kappa shape index (κ3) is 3.37. The number of hydrogen-bond donors (Lipinski definition) is 1. The van der Waals surface area contributed by atoms with Crippen molar-refractivity contribution in [3.8, 4) is 0 Å². The number of aryl methyl sites for hydroxylation is 1. The largest absolute Gasteiger partial charge is 0.305 e. The van der Waals surface area contributed by atoms with Crippen molar-refractivity contribution in [2.45, 2.75) is 13.0 Å². The molecule has 0 saturated heterocycles. The van der Waals surface area contributed by atoms with Crippen LogP contribution in [0.15, 0.2) is 27.3 Å². The zero-order valence-corrected chi connectivity index (χ0v) is 14.4. The second-order valence-corrected chi connectivity index (χ2v) is 6.19. The molecule has 1 unspecified atom stereocenters. The van der Waals surface area contributed by atoms with Gasteiger partial charge in [0.25, 0.3) is 0 Å². The van der Waals surface area contributed by atoms with Gasteiger partial charge in [0.15, 0.2) is 4.60 Å². The first-order valence-electron chi connectivity index (χ1n) is 5.77. The maximum Gasteiger partial charge on any atom is 0.153 e. The summed E-state index contributed by atoms with van der Waals surface area (Å²) >= 11 is 13.0. The second-order valence-electron chi connectivity index (χ2n) is 4.08. The van der Waals surface area contributed by atoms with Gasteiger partial charge in [-0.25, -0.2) is 4.68 Å². The van der Waals surface area contributed by atoms with Crippen LogP contribution in [0.5, 0.6) is 0 Å². The molecule has 0 saturated carbocycles. The Hall–Kier alpha value is -0.430. The molecular formula is C12H13Br2ClN4. The average Bonchev–Trinajstić information content (AvgIpc) is 2.65. The normalized spacial score (nSPS) is 12.7. The molecule has 0 aliphatic rings. The fourth-order valence-corrected chi connectivity index (χ4v) is 3.41. The predicted octanol–water partition coefficient (Wildman–Crippen LogP) is 3.69. The summed E-state index contributed by atoms with van der Waals surface area (Å²) in [5.74, 6) is 0. The smallest absolute Gasteiger partial charge is 0.153 e. The number of halogens is 3. The van der Waals surface area contributed by atoms with Gasteiger partial charge in [0.1, 0.15) is 0 Å². The van der Waals surface area contributed by atoms with Crippen LogP contribution in [0.2, 0.25) is 5.02 Å². The lowest BCUT2D eigenvalue weighted by Crippen LogP contribution is -2.24. The molecule has 0 bridgehead atoms. The number of benzene rings is 1. The highest BCUT2D eigenvalue weighted by molar-refractivity contribution is 9.10. The summed E-state index contributed by atoms with van der Waals surface area (Å²) < 4.78 is 3.44. The van der Waals surface area contributed by atoms with E-state index in [4.69, 9.17) is 11.6 Å². The molecule has 0 spiro atoms. The van der Waals surface area contributed by atoms with E-state index in [-0.39, 0.29) is 6.04 Å². The van der Waals surface area contributed by atoms with Crippen LogP contribution in [0.3, 0.4) is 0 Å². The van der Waals surface area contributed by atoms with Crippen molar-refractivity contribution in [1.82, 2.24) is 20.3 Å². The average molecular weight is 409 g/mol. The quantitative estimate of drug-likeness (QED) is 0.839. The third-order valence-electron chi connectivity index (χ3n) is 2.73. The van der Waals surface area contributed by atoms with Gasteiger partial charge in [0.05, 0.1) is 11.7 Å². The van der Waals surface area contributed by atoms with Crippen LogP contribution >= 0.6 is 43.5 Å². The van der Waals surface area contributed by atoms with Crippen LogP contribution < -0.4 is 5.32 Å². The Morgan fingerprint density at radius 3 is 2.63 bits per heavy atom. The zero-order valence-electron chi connectivity index (χ0n) is 10.5. The highest BCUT2D eigenvalue weighted by Crippen LogP contribution is 2.30. The van der Waals surface area contributed by atoms with E-state index in [2.05, 4.69) is 54.4 Å². The van der Waals surface area contributed by atoms with E-state index in [0.717, 1.165) is 26.9 Å². The Kier molecular flexibility index (Phi) is 5.00. The van der Waals surface area contributed by atoms with Crippen molar-refractivity contribution in [2.24, 2.45) is 7.05 Å². The topological polar surface area (TPSA) is 42.7 Å². The number of aromatic nitrogens is 3. The van der Waals surface area contributed by atoms with E-state index < -0.39 is 0 Å². The molecule has 0 aliphatic heterocycles. The van der Waals surface area contributed by atoms with E-state index in [0.29, 0.717) is 5.02 Å². The van der Waals surface area contributed by atoms with Gasteiger partial charge in [0.2, 0.25) is 0 Å². The maximum absolute atomic E-state index is 6.13. The molecule has 2 aromatic rings. The summed E-state index contributed by atoms with van der Waals surface area (Å²) in [5.41, 5.74) is 2.03. The van der Waals surface area contributed by atoms with Gasteiger partial charge in [0, 0.05) is 16.5 Å². The molecule has 4 nitrogen and oxygen atoms in total. The van der Waals surface area contributed by atoms with Gasteiger partial charge >= 0.3 is 0 Å². The van der Waals surface area contributed by atoms with Crippen LogP contribution in [-0.2, 0) is 7.05 Å². The van der Waals surface area contributed by atoms with Crippen molar-refractivity contribution in [2.75, 3.05) is 6.54 Å². The van der Waals surface area contributed by atoms with E-state index in [1.165, 1.54) is 0 Å². The van der Waals surface area contributed by atoms with Gasteiger partial charge in [-0.15, -0.1) is 5.10 Å². The summed E-state index contributed by atoms with van der Waals surface area (Å²) in [6.07, 6.45) is 0. The monoisotopic (exact) mass is 406 g/mol. The lowest BCUT2D eigenvalue weighted by Gasteiger charge is -2.19. The minimum absolute atomic E-state index is 0.0191. The predicted molar refractivity (Wildman–Crippen MR) is 83.4 cm³/mol. The number of rotatable bonds is 4. The maximum atomic E-state index is 6.13. The molecule has 7 heteroatoms. The van der Waals surface area contributed by atoms with Gasteiger partial charge < -0.3 is 5.32 Å². The minimum atomic E-state index is -0.0191. The molecule has 0 aliphatic carbocycles. The molecule has 0 fully saturated rings. The lowest BCUT2D eigenvalue weighted by molar-refractivity contribution is 0.567. The summed E-state index contributed by atoms with van der Waals surface area (Å²) in [6.45, 7) is 2.89. The van der Waals surface area contributed by atoms with Gasteiger partial charge in [-0.3, -0.25) is 0 Å². The highest BCUT2D eigenvalue weighted by atomic mass is 79.9. The lowest BCUT2D eigenvalue weighted by atomic mass is 10.0. The molecule has 2 rings (SSSR count). The molecule has 0 radical (unpaired) electrons. The Bertz CT molecular complexity index is 545. The molecule has 1 heterocycles. The Morgan fingerprint density at radius 1 is 1.37 bits per heavy atom. The Labute approximate surface area is 133 Å². The fourth-order valence-electron chi connectivity index (χ4n) is 1.96. The summed E-state index contributed by atoms with van der Waals surface area (Å²) in [6, 6.07) is 5.83. The molecule has 1 N–H and O–H groups in total. The van der Waals surface area contributed by atoms with E-state index in [9.17, 15) is 0 Å². The minimum Gasteiger partial charge on any atom is -0.305 e. The SMILES string of the molecule is CCNC(c1cc(Cl)cc(Br)c1)c1c(Br)nnn1C. The number of hydrogen-bond acceptors (Lipinski definition) is 3. The van der Waals surface area contributed by atoms with Crippen LogP contribution in [0.4, 0.5) is 0 Å². The number of nitrogens with one attached hydrogen (secondary N) is 1. The second kappa shape index (κ2) is 6.35. The van der Waals surface area contributed by atoms with Crippen molar-refractivity contribution < 1.29 is 0 Å². The first-order chi connectivity index (χ1) is 9.02. The van der Waals surface area contributed by atoms with Gasteiger partial charge in [-0.05, 0) is 46.2 Å². The standard InChI is InChI=1S/C12H13Br2ClN4/c1-3-16-10(11-12(14)17-18-19(11)2)7-4-8(13)6-9(15)5-7/h4-6,10,16H,3H2,1-2H3. The molecule has 1 aromatic carbocycles. The molecule has 19 heavy (non-hydrogen) atoms. The van der Waals surface area contributed by atoms with E-state index >= 15 is 0 Å². The molecular weight excluding hydrogens is 395 g/mol. The van der Waals surface area contributed by atoms with Crippen LogP contribution in [0.25, 0.3) is 0 Å². The molecule has 1 aromatic heterocycles. The molecule has 0 amide bonds. The summed E-state index contributed by atoms with van der Waals surface area (Å²) in [4.78, 5) is 0. The van der Waals surface area contributed by atoms with Crippen molar-refractivity contribution >= 4 is 43.5 Å². The number of nitrogens with zero attached hydrogens (tertiary/aromatic N) is 3. The highest BCUT2D eigenvalue weighted by Gasteiger charge is 2.21. The first kappa shape index (κ1) is 15.0. The van der Waals surface area contributed by atoms with Gasteiger partial charge in [-0.1, -0.05) is 39.7 Å². The summed E-state index contributed by atoms with van der Waals surface area (Å²) in [5, 5.41) is 12.2. The van der Waals surface area contributed by atoms with E-state index in [1.807, 2.05) is 25.2 Å².